The van der Waals surface area contributed by atoms with Crippen LogP contribution < -0.4 is 5.32 Å². The van der Waals surface area contributed by atoms with Crippen molar-refractivity contribution in [2.45, 2.75) is 27.3 Å². The monoisotopic (exact) mass is 319 g/mol. The van der Waals surface area contributed by atoms with Gasteiger partial charge in [-0.15, -0.1) is 0 Å². The minimum Gasteiger partial charge on any atom is -0.507 e. The maximum Gasteiger partial charge on any atom is 0.121 e. The van der Waals surface area contributed by atoms with Gasteiger partial charge in [0.1, 0.15) is 5.75 Å². The van der Waals surface area contributed by atoms with Gasteiger partial charge in [0.25, 0.3) is 0 Å². The fourth-order valence-electron chi connectivity index (χ4n) is 2.17. The predicted octanol–water partition coefficient (Wildman–Crippen LogP) is 4.69. The number of halogens is 1. The number of phenolic OH excluding ortho intramolecular Hbond substituents is 1. The van der Waals surface area contributed by atoms with E-state index in [9.17, 15) is 5.11 Å². The van der Waals surface area contributed by atoms with Gasteiger partial charge in [0.15, 0.2) is 0 Å². The molecule has 2 nitrogen and oxygen atoms in total. The Labute approximate surface area is 122 Å². The molecule has 0 atom stereocenters. The van der Waals surface area contributed by atoms with Crippen LogP contribution in [0.3, 0.4) is 0 Å². The Bertz CT molecular complexity index is 585. The zero-order valence-electron chi connectivity index (χ0n) is 11.4. The molecular formula is C16H18BrNO. The smallest absolute Gasteiger partial charge is 0.121 e. The number of hydrogen-bond acceptors (Lipinski definition) is 2. The lowest BCUT2D eigenvalue weighted by Crippen LogP contribution is -2.01. The topological polar surface area (TPSA) is 32.3 Å². The van der Waals surface area contributed by atoms with Crippen LogP contribution in [0.5, 0.6) is 5.75 Å². The molecule has 0 aromatic heterocycles. The molecular weight excluding hydrogens is 302 g/mol. The summed E-state index contributed by atoms with van der Waals surface area (Å²) in [4.78, 5) is 0. The minimum absolute atomic E-state index is 0.392. The van der Waals surface area contributed by atoms with Crippen molar-refractivity contribution in [2.24, 2.45) is 0 Å². The molecule has 2 N–H and O–H groups in total. The molecule has 0 aliphatic carbocycles. The summed E-state index contributed by atoms with van der Waals surface area (Å²) in [6, 6.07) is 10.2. The van der Waals surface area contributed by atoms with Crippen molar-refractivity contribution < 1.29 is 5.11 Å². The zero-order chi connectivity index (χ0) is 14.0. The second kappa shape index (κ2) is 5.66. The van der Waals surface area contributed by atoms with Crippen molar-refractivity contribution >= 4 is 21.6 Å². The molecule has 2 rings (SSSR count). The van der Waals surface area contributed by atoms with E-state index < -0.39 is 0 Å². The third-order valence-electron chi connectivity index (χ3n) is 3.22. The second-order valence-electron chi connectivity index (χ2n) is 4.89. The number of rotatable bonds is 3. The molecule has 0 saturated heterocycles. The summed E-state index contributed by atoms with van der Waals surface area (Å²) >= 11 is 3.46. The minimum atomic E-state index is 0.392. The number of benzene rings is 2. The van der Waals surface area contributed by atoms with Crippen LogP contribution in [0.1, 0.15) is 22.3 Å². The molecule has 2 aromatic carbocycles. The van der Waals surface area contributed by atoms with Gasteiger partial charge >= 0.3 is 0 Å². The zero-order valence-corrected chi connectivity index (χ0v) is 13.0. The largest absolute Gasteiger partial charge is 0.507 e. The molecule has 3 heteroatoms. The molecule has 0 spiro atoms. The first-order chi connectivity index (χ1) is 8.97. The summed E-state index contributed by atoms with van der Waals surface area (Å²) in [5.41, 5.74) is 5.36. The second-order valence-corrected chi connectivity index (χ2v) is 5.81. The Morgan fingerprint density at radius 2 is 1.63 bits per heavy atom. The molecule has 0 unspecified atom stereocenters. The molecule has 0 aliphatic heterocycles. The summed E-state index contributed by atoms with van der Waals surface area (Å²) in [5, 5.41) is 13.2. The van der Waals surface area contributed by atoms with E-state index in [2.05, 4.69) is 40.3 Å². The molecule has 0 radical (unpaired) electrons. The number of hydrogen-bond donors (Lipinski definition) is 2. The van der Waals surface area contributed by atoms with Crippen molar-refractivity contribution in [3.8, 4) is 5.75 Å². The van der Waals surface area contributed by atoms with Gasteiger partial charge in [-0.2, -0.15) is 0 Å². The lowest BCUT2D eigenvalue weighted by atomic mass is 10.1. The fourth-order valence-corrected chi connectivity index (χ4v) is 2.65. The summed E-state index contributed by atoms with van der Waals surface area (Å²) in [7, 11) is 0. The molecule has 0 amide bonds. The van der Waals surface area contributed by atoms with E-state index in [-0.39, 0.29) is 0 Å². The quantitative estimate of drug-likeness (QED) is 0.860. The summed E-state index contributed by atoms with van der Waals surface area (Å²) in [5.74, 6) is 0.392. The van der Waals surface area contributed by atoms with Gasteiger partial charge in [0, 0.05) is 16.7 Å². The highest BCUT2D eigenvalue weighted by Gasteiger charge is 2.04. The van der Waals surface area contributed by atoms with E-state index in [1.165, 1.54) is 11.1 Å². The van der Waals surface area contributed by atoms with Crippen LogP contribution in [0.25, 0.3) is 0 Å². The highest BCUT2D eigenvalue weighted by molar-refractivity contribution is 9.10. The van der Waals surface area contributed by atoms with E-state index in [4.69, 9.17) is 0 Å². The Kier molecular flexibility index (Phi) is 4.15. The normalized spacial score (nSPS) is 10.5. The van der Waals surface area contributed by atoms with Crippen molar-refractivity contribution in [3.63, 3.8) is 0 Å². The van der Waals surface area contributed by atoms with Gasteiger partial charge in [-0.25, -0.2) is 0 Å². The van der Waals surface area contributed by atoms with Crippen LogP contribution >= 0.6 is 15.9 Å². The van der Waals surface area contributed by atoms with Gasteiger partial charge < -0.3 is 10.4 Å². The standard InChI is InChI=1S/C16H18BrNO/c1-10-8-14(17)4-5-15(10)18-9-13-6-11(2)16(19)12(3)7-13/h4-8,18-19H,9H2,1-3H3. The van der Waals surface area contributed by atoms with Gasteiger partial charge in [0.2, 0.25) is 0 Å². The van der Waals surface area contributed by atoms with E-state index in [1.807, 2.05) is 32.0 Å². The van der Waals surface area contributed by atoms with E-state index in [0.717, 1.165) is 27.8 Å². The molecule has 0 heterocycles. The van der Waals surface area contributed by atoms with Crippen molar-refractivity contribution in [2.75, 3.05) is 5.32 Å². The lowest BCUT2D eigenvalue weighted by molar-refractivity contribution is 0.466. The Morgan fingerprint density at radius 3 is 2.21 bits per heavy atom. The SMILES string of the molecule is Cc1cc(Br)ccc1NCc1cc(C)c(O)c(C)c1. The van der Waals surface area contributed by atoms with Crippen LogP contribution in [0.2, 0.25) is 0 Å². The fraction of sp³-hybridized carbons (Fsp3) is 0.250. The predicted molar refractivity (Wildman–Crippen MR) is 83.8 cm³/mol. The molecule has 0 bridgehead atoms. The van der Waals surface area contributed by atoms with Crippen LogP contribution in [0, 0.1) is 20.8 Å². The highest BCUT2D eigenvalue weighted by Crippen LogP contribution is 2.24. The van der Waals surface area contributed by atoms with Gasteiger partial charge in [-0.05, 0) is 61.2 Å². The van der Waals surface area contributed by atoms with Gasteiger partial charge in [-0.1, -0.05) is 28.1 Å². The van der Waals surface area contributed by atoms with Crippen molar-refractivity contribution in [3.05, 3.63) is 57.1 Å². The molecule has 0 aliphatic rings. The first-order valence-corrected chi connectivity index (χ1v) is 7.06. The number of nitrogens with one attached hydrogen (secondary N) is 1. The van der Waals surface area contributed by atoms with Crippen LogP contribution in [-0.4, -0.2) is 5.11 Å². The average molecular weight is 320 g/mol. The van der Waals surface area contributed by atoms with E-state index in [1.54, 1.807) is 0 Å². The molecule has 2 aromatic rings. The van der Waals surface area contributed by atoms with E-state index in [0.29, 0.717) is 5.75 Å². The number of aromatic hydroxyl groups is 1. The Hall–Kier alpha value is -1.48. The third-order valence-corrected chi connectivity index (χ3v) is 3.72. The van der Waals surface area contributed by atoms with Crippen LogP contribution in [0.15, 0.2) is 34.8 Å². The van der Waals surface area contributed by atoms with Crippen molar-refractivity contribution in [1.29, 1.82) is 0 Å². The Morgan fingerprint density at radius 1 is 1.00 bits per heavy atom. The summed E-state index contributed by atoms with van der Waals surface area (Å²) < 4.78 is 1.09. The number of aryl methyl sites for hydroxylation is 3. The maximum absolute atomic E-state index is 9.77. The molecule has 100 valence electrons. The first-order valence-electron chi connectivity index (χ1n) is 6.26. The van der Waals surface area contributed by atoms with Gasteiger partial charge in [0.05, 0.1) is 0 Å². The first kappa shape index (κ1) is 13.9. The summed E-state index contributed by atoms with van der Waals surface area (Å²) in [6.45, 7) is 6.69. The number of anilines is 1. The lowest BCUT2D eigenvalue weighted by Gasteiger charge is -2.12. The molecule has 0 fully saturated rings. The number of phenols is 1. The average Bonchev–Trinajstić information content (AvgIpc) is 2.34. The van der Waals surface area contributed by atoms with Crippen molar-refractivity contribution in [1.82, 2.24) is 0 Å². The highest BCUT2D eigenvalue weighted by atomic mass is 79.9. The van der Waals surface area contributed by atoms with E-state index >= 15 is 0 Å². The maximum atomic E-state index is 9.77. The van der Waals surface area contributed by atoms with Crippen LogP contribution in [0.4, 0.5) is 5.69 Å². The van der Waals surface area contributed by atoms with Crippen LogP contribution in [-0.2, 0) is 6.54 Å². The summed E-state index contributed by atoms with van der Waals surface area (Å²) in [6.07, 6.45) is 0. The molecule has 19 heavy (non-hydrogen) atoms. The Balaban J connectivity index is 2.14. The van der Waals surface area contributed by atoms with Gasteiger partial charge in [-0.3, -0.25) is 0 Å². The molecule has 0 saturated carbocycles. The third kappa shape index (κ3) is 3.29.